The van der Waals surface area contributed by atoms with E-state index in [9.17, 15) is 14.4 Å². The molecule has 0 bridgehead atoms. The summed E-state index contributed by atoms with van der Waals surface area (Å²) >= 11 is 0. The molecule has 4 rings (SSSR count). The maximum atomic E-state index is 13.3. The minimum absolute atomic E-state index is 0.00948. The molecule has 2 aliphatic rings. The smallest absolute Gasteiger partial charge is 0.257 e. The maximum absolute atomic E-state index is 13.3. The molecule has 198 valence electrons. The van der Waals surface area contributed by atoms with Crippen LogP contribution in [0.15, 0.2) is 11.0 Å². The predicted octanol–water partition coefficient (Wildman–Crippen LogP) is 2.66. The minimum Gasteiger partial charge on any atom is -0.379 e. The minimum atomic E-state index is -0.128. The molecule has 1 aliphatic heterocycles. The van der Waals surface area contributed by atoms with E-state index in [1.54, 1.807) is 13.3 Å². The molecule has 1 N–H and O–H groups in total. The van der Waals surface area contributed by atoms with E-state index in [-0.39, 0.29) is 29.2 Å². The summed E-state index contributed by atoms with van der Waals surface area (Å²) in [6.45, 7) is 12.9. The Labute approximate surface area is 213 Å². The van der Waals surface area contributed by atoms with Gasteiger partial charge in [0.15, 0.2) is 0 Å². The molecule has 2 amide bonds. The molecule has 1 fully saturated rings. The van der Waals surface area contributed by atoms with E-state index in [2.05, 4.69) is 15.1 Å². The molecular formula is C26H40N6O4. The fraction of sp³-hybridized carbons (Fsp3) is 0.654. The standard InChI is InChI=1S/C21H28N6O3.C5H12O/c1-4-14-10-25(11-15(5-2)26(14)12-28)20(30)17-9-22-27(13(17)3)21-23-18-8-6-7-16(18)19(29)24-21;1-5(2,3)6-4/h9,12,14-15H,4-8,10-11H2,1-3H3,(H,23,24,29);1-4H3. The average molecular weight is 501 g/mol. The first-order valence-electron chi connectivity index (χ1n) is 12.8. The monoisotopic (exact) mass is 500 g/mol. The highest BCUT2D eigenvalue weighted by Gasteiger charge is 2.35. The highest BCUT2D eigenvalue weighted by atomic mass is 16.5. The number of piperazine rings is 1. The Morgan fingerprint density at radius 2 is 1.81 bits per heavy atom. The van der Waals surface area contributed by atoms with Gasteiger partial charge >= 0.3 is 0 Å². The molecule has 2 aromatic rings. The van der Waals surface area contributed by atoms with Gasteiger partial charge < -0.3 is 14.5 Å². The number of hydrogen-bond acceptors (Lipinski definition) is 6. The van der Waals surface area contributed by atoms with E-state index in [0.29, 0.717) is 30.3 Å². The van der Waals surface area contributed by atoms with Crippen molar-refractivity contribution in [3.05, 3.63) is 39.1 Å². The van der Waals surface area contributed by atoms with Gasteiger partial charge in [-0.1, -0.05) is 13.8 Å². The van der Waals surface area contributed by atoms with Crippen LogP contribution in [0.3, 0.4) is 0 Å². The average Bonchev–Trinajstić information content (AvgIpc) is 3.49. The van der Waals surface area contributed by atoms with Crippen molar-refractivity contribution in [2.24, 2.45) is 0 Å². The number of carbonyl (C=O) groups is 2. The van der Waals surface area contributed by atoms with Gasteiger partial charge in [0.25, 0.3) is 11.5 Å². The van der Waals surface area contributed by atoms with E-state index in [1.807, 2.05) is 51.3 Å². The number of nitrogens with zero attached hydrogens (tertiary/aromatic N) is 5. The summed E-state index contributed by atoms with van der Waals surface area (Å²) in [5.41, 5.74) is 2.61. The zero-order valence-electron chi connectivity index (χ0n) is 22.6. The van der Waals surface area contributed by atoms with Crippen LogP contribution < -0.4 is 5.56 Å². The van der Waals surface area contributed by atoms with Crippen LogP contribution in [0.4, 0.5) is 0 Å². The van der Waals surface area contributed by atoms with E-state index in [4.69, 9.17) is 4.74 Å². The number of aromatic nitrogens is 4. The van der Waals surface area contributed by atoms with Crippen molar-refractivity contribution in [3.8, 4) is 5.95 Å². The highest BCUT2D eigenvalue weighted by Crippen LogP contribution is 2.23. The van der Waals surface area contributed by atoms with Crippen molar-refractivity contribution in [1.29, 1.82) is 0 Å². The summed E-state index contributed by atoms with van der Waals surface area (Å²) in [5, 5.41) is 4.35. The summed E-state index contributed by atoms with van der Waals surface area (Å²) in [6.07, 6.45) is 6.50. The number of ether oxygens (including phenoxy) is 1. The third kappa shape index (κ3) is 5.86. The van der Waals surface area contributed by atoms with Crippen LogP contribution in [-0.2, 0) is 22.4 Å². The second kappa shape index (κ2) is 11.4. The van der Waals surface area contributed by atoms with E-state index < -0.39 is 0 Å². The first kappa shape index (κ1) is 27.6. The largest absolute Gasteiger partial charge is 0.379 e. The Kier molecular flexibility index (Phi) is 8.71. The Morgan fingerprint density at radius 3 is 2.33 bits per heavy atom. The van der Waals surface area contributed by atoms with Gasteiger partial charge in [0, 0.05) is 37.8 Å². The first-order valence-corrected chi connectivity index (χ1v) is 12.8. The topological polar surface area (TPSA) is 113 Å². The molecule has 2 unspecified atom stereocenters. The van der Waals surface area contributed by atoms with E-state index in [0.717, 1.165) is 49.8 Å². The SMILES string of the molecule is CCC1CN(C(=O)c2cnn(-c3nc4c(c(=O)[nH]3)CCC4)c2C)CC(CC)N1C=O.COC(C)(C)C. The third-order valence-corrected chi connectivity index (χ3v) is 7.04. The molecule has 36 heavy (non-hydrogen) atoms. The molecule has 1 aliphatic carbocycles. The molecule has 0 spiro atoms. The number of aryl methyl sites for hydroxylation is 1. The molecule has 10 nitrogen and oxygen atoms in total. The lowest BCUT2D eigenvalue weighted by atomic mass is 10.0. The summed E-state index contributed by atoms with van der Waals surface area (Å²) in [4.78, 5) is 48.3. The van der Waals surface area contributed by atoms with Gasteiger partial charge in [-0.2, -0.15) is 5.10 Å². The Balaban J connectivity index is 0.000000538. The second-order valence-corrected chi connectivity index (χ2v) is 10.4. The van der Waals surface area contributed by atoms with Crippen molar-refractivity contribution < 1.29 is 14.3 Å². The molecule has 2 aromatic heterocycles. The second-order valence-electron chi connectivity index (χ2n) is 10.4. The van der Waals surface area contributed by atoms with Gasteiger partial charge in [0.05, 0.1) is 28.7 Å². The van der Waals surface area contributed by atoms with Crippen LogP contribution in [0.5, 0.6) is 0 Å². The van der Waals surface area contributed by atoms with Crippen molar-refractivity contribution >= 4 is 12.3 Å². The molecular weight excluding hydrogens is 460 g/mol. The van der Waals surface area contributed by atoms with Crippen LogP contribution in [0.2, 0.25) is 0 Å². The maximum Gasteiger partial charge on any atom is 0.257 e. The molecule has 0 radical (unpaired) electrons. The first-order chi connectivity index (χ1) is 17.0. The van der Waals surface area contributed by atoms with Crippen LogP contribution >= 0.6 is 0 Å². The lowest BCUT2D eigenvalue weighted by molar-refractivity contribution is -0.126. The van der Waals surface area contributed by atoms with Crippen LogP contribution in [-0.4, -0.2) is 79.7 Å². The van der Waals surface area contributed by atoms with Gasteiger partial charge in [0.1, 0.15) is 0 Å². The van der Waals surface area contributed by atoms with Crippen LogP contribution in [0, 0.1) is 6.92 Å². The van der Waals surface area contributed by atoms with Crippen LogP contribution in [0.25, 0.3) is 5.95 Å². The lowest BCUT2D eigenvalue weighted by Gasteiger charge is -2.44. The Morgan fingerprint density at radius 1 is 1.19 bits per heavy atom. The number of rotatable bonds is 5. The third-order valence-electron chi connectivity index (χ3n) is 7.04. The molecule has 2 atom stereocenters. The molecule has 3 heterocycles. The quantitative estimate of drug-likeness (QED) is 0.632. The highest BCUT2D eigenvalue weighted by molar-refractivity contribution is 5.95. The van der Waals surface area contributed by atoms with Gasteiger partial charge in [-0.25, -0.2) is 9.67 Å². The fourth-order valence-electron chi connectivity index (χ4n) is 4.62. The summed E-state index contributed by atoms with van der Waals surface area (Å²) in [7, 11) is 1.71. The number of hydrogen-bond donors (Lipinski definition) is 1. The van der Waals surface area contributed by atoms with Gasteiger partial charge in [-0.15, -0.1) is 0 Å². The zero-order valence-corrected chi connectivity index (χ0v) is 22.6. The molecule has 10 heteroatoms. The van der Waals surface area contributed by atoms with Gasteiger partial charge in [0.2, 0.25) is 12.4 Å². The number of H-pyrrole nitrogens is 1. The Bertz CT molecular complexity index is 1120. The molecule has 0 aromatic carbocycles. The zero-order chi connectivity index (χ0) is 26.6. The van der Waals surface area contributed by atoms with Crippen molar-refractivity contribution in [1.82, 2.24) is 29.5 Å². The van der Waals surface area contributed by atoms with Crippen molar-refractivity contribution in [2.75, 3.05) is 20.2 Å². The van der Waals surface area contributed by atoms with Gasteiger partial charge in [-0.3, -0.25) is 19.4 Å². The fourth-order valence-corrected chi connectivity index (χ4v) is 4.62. The Hall–Kier alpha value is -3.01. The molecule has 0 saturated carbocycles. The number of methoxy groups -OCH3 is 1. The molecule has 1 saturated heterocycles. The number of aromatic amines is 1. The van der Waals surface area contributed by atoms with Crippen LogP contribution in [0.1, 0.15) is 81.2 Å². The number of carbonyl (C=O) groups excluding carboxylic acids is 2. The number of amides is 2. The summed E-state index contributed by atoms with van der Waals surface area (Å²) in [6, 6.07) is 0.0190. The normalized spacial score (nSPS) is 19.5. The lowest BCUT2D eigenvalue weighted by Crippen LogP contribution is -2.59. The summed E-state index contributed by atoms with van der Waals surface area (Å²) in [5.74, 6) is 0.241. The van der Waals surface area contributed by atoms with Gasteiger partial charge in [-0.05, 0) is 59.8 Å². The predicted molar refractivity (Wildman–Crippen MR) is 137 cm³/mol. The summed E-state index contributed by atoms with van der Waals surface area (Å²) < 4.78 is 6.47. The van der Waals surface area contributed by atoms with Crippen molar-refractivity contribution in [3.63, 3.8) is 0 Å². The van der Waals surface area contributed by atoms with Crippen molar-refractivity contribution in [2.45, 2.75) is 91.3 Å². The van der Waals surface area contributed by atoms with E-state index >= 15 is 0 Å². The number of fused-ring (bicyclic) bond motifs is 1. The van der Waals surface area contributed by atoms with E-state index in [1.165, 1.54) is 4.68 Å². The number of nitrogens with one attached hydrogen (secondary N) is 1.